The van der Waals surface area contributed by atoms with Crippen molar-refractivity contribution in [3.05, 3.63) is 53.7 Å². The Bertz CT molecular complexity index is 750. The molecule has 0 spiro atoms. The second-order valence-corrected chi connectivity index (χ2v) is 6.58. The molecule has 1 aliphatic rings. The lowest BCUT2D eigenvalue weighted by molar-refractivity contribution is 0.249. The van der Waals surface area contributed by atoms with E-state index in [-0.39, 0.29) is 6.03 Å². The summed E-state index contributed by atoms with van der Waals surface area (Å²) in [5.74, 6) is 0.993. The Morgan fingerprint density at radius 3 is 2.96 bits per heavy atom. The number of hydrogen-bond donors (Lipinski definition) is 2. The van der Waals surface area contributed by atoms with Gasteiger partial charge in [0.1, 0.15) is 5.69 Å². The Hall–Kier alpha value is -2.60. The van der Waals surface area contributed by atoms with Gasteiger partial charge in [0.05, 0.1) is 7.11 Å². The van der Waals surface area contributed by atoms with Gasteiger partial charge in [-0.05, 0) is 49.1 Å². The number of methoxy groups -OCH3 is 1. The van der Waals surface area contributed by atoms with Crippen LogP contribution < -0.4 is 15.4 Å². The molecule has 26 heavy (non-hydrogen) atoms. The number of amides is 2. The number of benzene rings is 1. The molecule has 1 aliphatic heterocycles. The molecule has 6 nitrogen and oxygen atoms in total. The molecule has 0 saturated carbocycles. The van der Waals surface area contributed by atoms with Gasteiger partial charge in [0.2, 0.25) is 5.88 Å². The van der Waals surface area contributed by atoms with Crippen molar-refractivity contribution in [2.24, 2.45) is 0 Å². The number of carbonyl (C=O) groups is 1. The zero-order valence-electron chi connectivity index (χ0n) is 15.4. The van der Waals surface area contributed by atoms with Crippen LogP contribution in [0.1, 0.15) is 23.5 Å². The van der Waals surface area contributed by atoms with Gasteiger partial charge in [0.25, 0.3) is 0 Å². The Kier molecular flexibility index (Phi) is 6.07. The van der Waals surface area contributed by atoms with Crippen molar-refractivity contribution < 1.29 is 9.53 Å². The van der Waals surface area contributed by atoms with Crippen molar-refractivity contribution in [1.82, 2.24) is 15.2 Å². The van der Waals surface area contributed by atoms with Crippen LogP contribution in [0.5, 0.6) is 5.88 Å². The van der Waals surface area contributed by atoms with Gasteiger partial charge in [-0.15, -0.1) is 0 Å². The molecule has 0 unspecified atom stereocenters. The molecule has 0 bridgehead atoms. The van der Waals surface area contributed by atoms with Crippen LogP contribution in [-0.4, -0.2) is 49.2 Å². The number of rotatable bonds is 6. The fraction of sp³-hybridized carbons (Fsp3) is 0.400. The van der Waals surface area contributed by atoms with Crippen LogP contribution in [0, 0.1) is 6.92 Å². The van der Waals surface area contributed by atoms with E-state index in [1.165, 1.54) is 24.7 Å². The highest BCUT2D eigenvalue weighted by Crippen LogP contribution is 2.28. The van der Waals surface area contributed by atoms with Crippen LogP contribution in [-0.2, 0) is 0 Å². The van der Waals surface area contributed by atoms with Gasteiger partial charge in [-0.25, -0.2) is 9.78 Å². The number of carbonyl (C=O) groups excluding carboxylic acids is 1. The first-order valence-electron chi connectivity index (χ1n) is 8.99. The maximum atomic E-state index is 12.1. The summed E-state index contributed by atoms with van der Waals surface area (Å²) in [6.45, 7) is 5.74. The largest absolute Gasteiger partial charge is 0.480 e. The molecule has 3 rings (SSSR count). The number of aromatic nitrogens is 1. The van der Waals surface area contributed by atoms with E-state index < -0.39 is 0 Å². The van der Waals surface area contributed by atoms with Gasteiger partial charge in [0, 0.05) is 25.8 Å². The van der Waals surface area contributed by atoms with E-state index in [1.54, 1.807) is 18.3 Å². The number of nitrogens with zero attached hydrogens (tertiary/aromatic N) is 2. The van der Waals surface area contributed by atoms with Gasteiger partial charge < -0.3 is 20.3 Å². The first kappa shape index (κ1) is 18.2. The highest BCUT2D eigenvalue weighted by molar-refractivity contribution is 5.90. The average Bonchev–Trinajstić information content (AvgIpc) is 3.11. The standard InChI is InChI=1S/C20H26N4O2/c1-15-6-3-4-7-17(15)16-9-12-24(14-16)13-11-22-20(25)23-18-8-5-10-21-19(18)26-2/h3-8,10,16H,9,11-14H2,1-2H3,(H2,22,23,25)/t16-/m1/s1. The summed E-state index contributed by atoms with van der Waals surface area (Å²) < 4.78 is 5.13. The number of pyridine rings is 1. The topological polar surface area (TPSA) is 66.5 Å². The van der Waals surface area contributed by atoms with E-state index in [1.807, 2.05) is 0 Å². The highest BCUT2D eigenvalue weighted by atomic mass is 16.5. The van der Waals surface area contributed by atoms with Crippen molar-refractivity contribution in [2.45, 2.75) is 19.3 Å². The number of likely N-dealkylation sites (tertiary alicyclic amines) is 1. The SMILES string of the molecule is COc1ncccc1NC(=O)NCCN1CC[C@@H](c2ccccc2C)C1. The van der Waals surface area contributed by atoms with Crippen LogP contribution in [0.25, 0.3) is 0 Å². The molecule has 1 atom stereocenters. The van der Waals surface area contributed by atoms with Crippen molar-refractivity contribution in [2.75, 3.05) is 38.6 Å². The van der Waals surface area contributed by atoms with E-state index in [0.717, 1.165) is 19.6 Å². The van der Waals surface area contributed by atoms with E-state index in [2.05, 4.69) is 51.7 Å². The molecule has 1 fully saturated rings. The van der Waals surface area contributed by atoms with Gasteiger partial charge >= 0.3 is 6.03 Å². The lowest BCUT2D eigenvalue weighted by Gasteiger charge is -2.17. The molecule has 0 aliphatic carbocycles. The Morgan fingerprint density at radius 2 is 2.15 bits per heavy atom. The summed E-state index contributed by atoms with van der Waals surface area (Å²) in [5, 5.41) is 5.67. The number of urea groups is 1. The molecular formula is C20H26N4O2. The number of aryl methyl sites for hydroxylation is 1. The predicted molar refractivity (Wildman–Crippen MR) is 103 cm³/mol. The van der Waals surface area contributed by atoms with E-state index >= 15 is 0 Å². The molecule has 1 aromatic heterocycles. The van der Waals surface area contributed by atoms with Gasteiger partial charge in [-0.2, -0.15) is 0 Å². The molecular weight excluding hydrogens is 328 g/mol. The summed E-state index contributed by atoms with van der Waals surface area (Å²) in [7, 11) is 1.53. The van der Waals surface area contributed by atoms with Gasteiger partial charge in [0.15, 0.2) is 0 Å². The van der Waals surface area contributed by atoms with E-state index in [9.17, 15) is 4.79 Å². The Balaban J connectivity index is 1.43. The van der Waals surface area contributed by atoms with Crippen LogP contribution in [0.4, 0.5) is 10.5 Å². The molecule has 138 valence electrons. The van der Waals surface area contributed by atoms with Crippen LogP contribution in [0.2, 0.25) is 0 Å². The summed E-state index contributed by atoms with van der Waals surface area (Å²) in [5.41, 5.74) is 3.37. The second-order valence-electron chi connectivity index (χ2n) is 6.58. The van der Waals surface area contributed by atoms with Crippen molar-refractivity contribution in [3.8, 4) is 5.88 Å². The van der Waals surface area contributed by atoms with E-state index in [4.69, 9.17) is 4.74 Å². The summed E-state index contributed by atoms with van der Waals surface area (Å²) in [4.78, 5) is 18.5. The number of ether oxygens (including phenoxy) is 1. The van der Waals surface area contributed by atoms with Crippen molar-refractivity contribution in [3.63, 3.8) is 0 Å². The molecule has 1 aromatic carbocycles. The molecule has 0 radical (unpaired) electrons. The minimum Gasteiger partial charge on any atom is -0.480 e. The smallest absolute Gasteiger partial charge is 0.319 e. The maximum Gasteiger partial charge on any atom is 0.319 e. The van der Waals surface area contributed by atoms with Gasteiger partial charge in [-0.1, -0.05) is 24.3 Å². The second kappa shape index (κ2) is 8.67. The fourth-order valence-corrected chi connectivity index (χ4v) is 3.48. The normalized spacial score (nSPS) is 17.1. The molecule has 2 amide bonds. The summed E-state index contributed by atoms with van der Waals surface area (Å²) in [6, 6.07) is 11.9. The van der Waals surface area contributed by atoms with Gasteiger partial charge in [-0.3, -0.25) is 0 Å². The van der Waals surface area contributed by atoms with Crippen molar-refractivity contribution in [1.29, 1.82) is 0 Å². The zero-order valence-corrected chi connectivity index (χ0v) is 15.4. The first-order valence-corrected chi connectivity index (χ1v) is 8.99. The monoisotopic (exact) mass is 354 g/mol. The third kappa shape index (κ3) is 4.52. The lowest BCUT2D eigenvalue weighted by atomic mass is 9.94. The maximum absolute atomic E-state index is 12.1. The van der Waals surface area contributed by atoms with Crippen molar-refractivity contribution >= 4 is 11.7 Å². The summed E-state index contributed by atoms with van der Waals surface area (Å²) >= 11 is 0. The molecule has 6 heteroatoms. The number of anilines is 1. The highest BCUT2D eigenvalue weighted by Gasteiger charge is 2.24. The lowest BCUT2D eigenvalue weighted by Crippen LogP contribution is -2.36. The Labute approximate surface area is 154 Å². The number of hydrogen-bond acceptors (Lipinski definition) is 4. The molecule has 1 saturated heterocycles. The average molecular weight is 354 g/mol. The van der Waals surface area contributed by atoms with Crippen LogP contribution >= 0.6 is 0 Å². The predicted octanol–water partition coefficient (Wildman–Crippen LogP) is 3.01. The first-order chi connectivity index (χ1) is 12.7. The molecule has 2 aromatic rings. The zero-order chi connectivity index (χ0) is 18.4. The molecule has 2 N–H and O–H groups in total. The fourth-order valence-electron chi connectivity index (χ4n) is 3.48. The minimum absolute atomic E-state index is 0.244. The summed E-state index contributed by atoms with van der Waals surface area (Å²) in [6.07, 6.45) is 2.80. The third-order valence-electron chi connectivity index (χ3n) is 4.83. The molecule has 2 heterocycles. The van der Waals surface area contributed by atoms with Crippen LogP contribution in [0.3, 0.4) is 0 Å². The van der Waals surface area contributed by atoms with E-state index in [0.29, 0.717) is 24.0 Å². The quantitative estimate of drug-likeness (QED) is 0.837. The van der Waals surface area contributed by atoms with Crippen LogP contribution in [0.15, 0.2) is 42.6 Å². The minimum atomic E-state index is -0.244. The third-order valence-corrected chi connectivity index (χ3v) is 4.83. The number of nitrogens with one attached hydrogen (secondary N) is 2. The Morgan fingerprint density at radius 1 is 1.31 bits per heavy atom.